The van der Waals surface area contributed by atoms with Crippen LogP contribution in [0, 0.1) is 5.82 Å². The van der Waals surface area contributed by atoms with Crippen molar-refractivity contribution in [2.45, 2.75) is 6.61 Å². The van der Waals surface area contributed by atoms with Crippen molar-refractivity contribution in [1.82, 2.24) is 4.98 Å². The first-order chi connectivity index (χ1) is 10.1. The number of benzene rings is 1. The largest absolute Gasteiger partial charge is 0.455 e. The second-order valence-electron chi connectivity index (χ2n) is 4.28. The van der Waals surface area contributed by atoms with Gasteiger partial charge < -0.3 is 4.74 Å². The normalized spacial score (nSPS) is 10.8. The summed E-state index contributed by atoms with van der Waals surface area (Å²) in [5.74, 6) is -0.902. The van der Waals surface area contributed by atoms with Gasteiger partial charge in [-0.25, -0.2) is 9.18 Å². The standard InChI is InChI=1S/C15H9ClFNO2S/c16-13-11-5-4-9(17)7-12(11)21-14(13)15(19)20-8-10-3-1-2-6-18-10/h1-7H,8H2. The molecule has 0 aliphatic carbocycles. The van der Waals surface area contributed by atoms with Crippen molar-refractivity contribution in [1.29, 1.82) is 0 Å². The number of esters is 1. The third-order valence-electron chi connectivity index (χ3n) is 2.85. The molecule has 0 radical (unpaired) electrons. The number of pyridine rings is 1. The van der Waals surface area contributed by atoms with Crippen molar-refractivity contribution in [3.05, 3.63) is 64.0 Å². The molecule has 0 spiro atoms. The van der Waals surface area contributed by atoms with Crippen molar-refractivity contribution in [3.8, 4) is 0 Å². The number of rotatable bonds is 3. The molecular weight excluding hydrogens is 313 g/mol. The lowest BCUT2D eigenvalue weighted by molar-refractivity contribution is 0.0474. The van der Waals surface area contributed by atoms with Gasteiger partial charge in [-0.15, -0.1) is 11.3 Å². The molecule has 1 aromatic carbocycles. The van der Waals surface area contributed by atoms with Crippen LogP contribution < -0.4 is 0 Å². The number of thiophene rings is 1. The molecule has 3 rings (SSSR count). The highest BCUT2D eigenvalue weighted by atomic mass is 35.5. The van der Waals surface area contributed by atoms with Crippen LogP contribution in [0.4, 0.5) is 4.39 Å². The van der Waals surface area contributed by atoms with Crippen LogP contribution in [-0.2, 0) is 11.3 Å². The molecular formula is C15H9ClFNO2S. The van der Waals surface area contributed by atoms with E-state index in [1.807, 2.05) is 6.07 Å². The van der Waals surface area contributed by atoms with Gasteiger partial charge in [0.05, 0.1) is 10.7 Å². The van der Waals surface area contributed by atoms with E-state index in [0.717, 1.165) is 11.3 Å². The van der Waals surface area contributed by atoms with Gasteiger partial charge in [-0.2, -0.15) is 0 Å². The van der Waals surface area contributed by atoms with Gasteiger partial charge in [-0.05, 0) is 30.3 Å². The van der Waals surface area contributed by atoms with Crippen LogP contribution in [0.1, 0.15) is 15.4 Å². The summed E-state index contributed by atoms with van der Waals surface area (Å²) in [4.78, 5) is 16.4. The maximum Gasteiger partial charge on any atom is 0.350 e. The molecule has 0 amide bonds. The smallest absolute Gasteiger partial charge is 0.350 e. The van der Waals surface area contributed by atoms with Crippen molar-refractivity contribution in [2.75, 3.05) is 0 Å². The third-order valence-corrected chi connectivity index (χ3v) is 4.49. The van der Waals surface area contributed by atoms with Gasteiger partial charge in [-0.1, -0.05) is 17.7 Å². The Bertz CT molecular complexity index is 804. The van der Waals surface area contributed by atoms with Crippen LogP contribution in [0.3, 0.4) is 0 Å². The summed E-state index contributed by atoms with van der Waals surface area (Å²) in [6.07, 6.45) is 1.62. The molecule has 21 heavy (non-hydrogen) atoms. The summed E-state index contributed by atoms with van der Waals surface area (Å²) in [5.41, 5.74) is 0.647. The SMILES string of the molecule is O=C(OCc1ccccn1)c1sc2cc(F)ccc2c1Cl. The fourth-order valence-electron chi connectivity index (χ4n) is 1.86. The predicted octanol–water partition coefficient (Wildman–Crippen LogP) is 4.45. The van der Waals surface area contributed by atoms with Crippen LogP contribution in [-0.4, -0.2) is 11.0 Å². The second-order valence-corrected chi connectivity index (χ2v) is 5.71. The summed E-state index contributed by atoms with van der Waals surface area (Å²) in [7, 11) is 0. The molecule has 0 aliphatic rings. The first-order valence-electron chi connectivity index (χ1n) is 6.10. The van der Waals surface area contributed by atoms with Gasteiger partial charge in [0, 0.05) is 16.3 Å². The molecule has 3 nitrogen and oxygen atoms in total. The highest BCUT2D eigenvalue weighted by Gasteiger charge is 2.19. The molecule has 6 heteroatoms. The van der Waals surface area contributed by atoms with Gasteiger partial charge in [0.15, 0.2) is 0 Å². The Morgan fingerprint density at radius 1 is 1.33 bits per heavy atom. The fraction of sp³-hybridized carbons (Fsp3) is 0.0667. The van der Waals surface area contributed by atoms with Crippen molar-refractivity contribution < 1.29 is 13.9 Å². The lowest BCUT2D eigenvalue weighted by atomic mass is 10.2. The minimum absolute atomic E-state index is 0.0681. The maximum atomic E-state index is 13.2. The van der Waals surface area contributed by atoms with Gasteiger partial charge in [0.25, 0.3) is 0 Å². The van der Waals surface area contributed by atoms with E-state index < -0.39 is 5.97 Å². The first kappa shape index (κ1) is 14.0. The fourth-order valence-corrected chi connectivity index (χ4v) is 3.29. The van der Waals surface area contributed by atoms with Gasteiger partial charge in [-0.3, -0.25) is 4.98 Å². The number of nitrogens with zero attached hydrogens (tertiary/aromatic N) is 1. The minimum atomic E-state index is -0.535. The molecule has 3 aromatic rings. The molecule has 0 aliphatic heterocycles. The first-order valence-corrected chi connectivity index (χ1v) is 7.29. The van der Waals surface area contributed by atoms with Crippen LogP contribution in [0.2, 0.25) is 5.02 Å². The molecule has 0 bridgehead atoms. The molecule has 0 saturated heterocycles. The third kappa shape index (κ3) is 2.89. The number of aromatic nitrogens is 1. The average Bonchev–Trinajstić information content (AvgIpc) is 2.82. The predicted molar refractivity (Wildman–Crippen MR) is 80.1 cm³/mol. The Morgan fingerprint density at radius 2 is 2.19 bits per heavy atom. The average molecular weight is 322 g/mol. The Hall–Kier alpha value is -1.98. The maximum absolute atomic E-state index is 13.2. The van der Waals surface area contributed by atoms with E-state index >= 15 is 0 Å². The van der Waals surface area contributed by atoms with Gasteiger partial charge >= 0.3 is 5.97 Å². The zero-order valence-corrected chi connectivity index (χ0v) is 12.2. The molecule has 106 valence electrons. The minimum Gasteiger partial charge on any atom is -0.455 e. The Kier molecular flexibility index (Phi) is 3.86. The number of carbonyl (C=O) groups excluding carboxylic acids is 1. The highest BCUT2D eigenvalue weighted by Crippen LogP contribution is 2.36. The number of ether oxygens (including phenoxy) is 1. The molecule has 0 atom stereocenters. The van der Waals surface area contributed by atoms with E-state index in [0.29, 0.717) is 20.8 Å². The molecule has 2 aromatic heterocycles. The summed E-state index contributed by atoms with van der Waals surface area (Å²) in [6, 6.07) is 9.56. The number of hydrogen-bond donors (Lipinski definition) is 0. The molecule has 2 heterocycles. The van der Waals surface area contributed by atoms with E-state index in [1.54, 1.807) is 24.4 Å². The van der Waals surface area contributed by atoms with Gasteiger partial charge in [0.2, 0.25) is 0 Å². The molecule has 0 unspecified atom stereocenters. The summed E-state index contributed by atoms with van der Waals surface area (Å²) >= 11 is 7.27. The number of carbonyl (C=O) groups is 1. The molecule has 0 saturated carbocycles. The lowest BCUT2D eigenvalue weighted by Crippen LogP contribution is -2.04. The van der Waals surface area contributed by atoms with E-state index in [9.17, 15) is 9.18 Å². The van der Waals surface area contributed by atoms with E-state index in [4.69, 9.17) is 16.3 Å². The van der Waals surface area contributed by atoms with Gasteiger partial charge in [0.1, 0.15) is 17.3 Å². The summed E-state index contributed by atoms with van der Waals surface area (Å²) < 4.78 is 19.0. The Labute approximate surface area is 129 Å². The molecule has 0 fully saturated rings. The summed E-state index contributed by atoms with van der Waals surface area (Å²) in [5, 5.41) is 0.939. The monoisotopic (exact) mass is 321 g/mol. The van der Waals surface area contributed by atoms with Crippen molar-refractivity contribution in [2.24, 2.45) is 0 Å². The van der Waals surface area contributed by atoms with Crippen LogP contribution >= 0.6 is 22.9 Å². The second kappa shape index (κ2) is 5.79. The Morgan fingerprint density at radius 3 is 2.95 bits per heavy atom. The lowest BCUT2D eigenvalue weighted by Gasteiger charge is -2.02. The topological polar surface area (TPSA) is 39.2 Å². The van der Waals surface area contributed by atoms with E-state index in [2.05, 4.69) is 4.98 Å². The number of fused-ring (bicyclic) bond motifs is 1. The van der Waals surface area contributed by atoms with E-state index in [-0.39, 0.29) is 17.3 Å². The van der Waals surface area contributed by atoms with Crippen molar-refractivity contribution >= 4 is 39.0 Å². The van der Waals surface area contributed by atoms with E-state index in [1.165, 1.54) is 12.1 Å². The highest BCUT2D eigenvalue weighted by molar-refractivity contribution is 7.21. The number of halogens is 2. The Balaban J connectivity index is 1.83. The van der Waals surface area contributed by atoms with Crippen molar-refractivity contribution in [3.63, 3.8) is 0 Å². The van der Waals surface area contributed by atoms with Crippen LogP contribution in [0.15, 0.2) is 42.6 Å². The van der Waals surface area contributed by atoms with Crippen LogP contribution in [0.5, 0.6) is 0 Å². The molecule has 0 N–H and O–H groups in total. The summed E-state index contributed by atoms with van der Waals surface area (Å²) in [6.45, 7) is 0.0681. The van der Waals surface area contributed by atoms with Crippen LogP contribution in [0.25, 0.3) is 10.1 Å². The zero-order chi connectivity index (χ0) is 14.8. The zero-order valence-electron chi connectivity index (χ0n) is 10.7. The number of hydrogen-bond acceptors (Lipinski definition) is 4. The quantitative estimate of drug-likeness (QED) is 0.669.